The van der Waals surface area contributed by atoms with E-state index in [1.54, 1.807) is 0 Å². The molecule has 0 aromatic carbocycles. The summed E-state index contributed by atoms with van der Waals surface area (Å²) in [5.41, 5.74) is 0. The van der Waals surface area contributed by atoms with Gasteiger partial charge in [0.1, 0.15) is 0 Å². The maximum atomic E-state index is 8.74. The summed E-state index contributed by atoms with van der Waals surface area (Å²) < 4.78 is 31.6. The molecular weight excluding hydrogens is 254 g/mol. The molecule has 0 aliphatic rings. The molecule has 0 aromatic heterocycles. The molecule has 5 nitrogen and oxygen atoms in total. The number of nitrogens with zero attached hydrogens (tertiary/aromatic N) is 1. The van der Waals surface area contributed by atoms with E-state index in [4.69, 9.17) is 17.5 Å². The SMILES string of the molecule is CCCCCCCCCCN(C)C.O=S(=O)(O)O. The van der Waals surface area contributed by atoms with E-state index in [2.05, 4.69) is 25.9 Å². The van der Waals surface area contributed by atoms with Crippen LogP contribution in [-0.4, -0.2) is 43.1 Å². The normalized spacial score (nSPS) is 11.2. The second kappa shape index (κ2) is 13.3. The molecule has 0 aliphatic heterocycles. The van der Waals surface area contributed by atoms with Crippen molar-refractivity contribution in [2.75, 3.05) is 20.6 Å². The molecule has 0 heterocycles. The second-order valence-corrected chi connectivity index (χ2v) is 5.62. The number of hydrogen-bond donors (Lipinski definition) is 2. The van der Waals surface area contributed by atoms with E-state index in [0.29, 0.717) is 0 Å². The maximum Gasteiger partial charge on any atom is 0.394 e. The Bertz CT molecular complexity index is 245. The van der Waals surface area contributed by atoms with Gasteiger partial charge >= 0.3 is 10.4 Å². The fourth-order valence-corrected chi connectivity index (χ4v) is 1.56. The van der Waals surface area contributed by atoms with Gasteiger partial charge in [-0.2, -0.15) is 8.42 Å². The van der Waals surface area contributed by atoms with Crippen LogP contribution in [0.25, 0.3) is 0 Å². The first-order valence-corrected chi connectivity index (χ1v) is 8.01. The van der Waals surface area contributed by atoms with Gasteiger partial charge in [-0.05, 0) is 27.1 Å². The standard InChI is InChI=1S/C12H27N.H2O4S/c1-4-5-6-7-8-9-10-11-12-13(2)3;1-5(2,3)4/h4-12H2,1-3H3;(H2,1,2,3,4). The summed E-state index contributed by atoms with van der Waals surface area (Å²) in [6.45, 7) is 3.53. The Kier molecular flexibility index (Phi) is 14.9. The Morgan fingerprint density at radius 1 is 0.833 bits per heavy atom. The van der Waals surface area contributed by atoms with Crippen molar-refractivity contribution >= 4 is 10.4 Å². The molecule has 2 N–H and O–H groups in total. The van der Waals surface area contributed by atoms with E-state index in [1.165, 1.54) is 57.9 Å². The van der Waals surface area contributed by atoms with Crippen molar-refractivity contribution in [1.29, 1.82) is 0 Å². The Morgan fingerprint density at radius 2 is 1.17 bits per heavy atom. The molecule has 0 radical (unpaired) electrons. The molecule has 0 bridgehead atoms. The lowest BCUT2D eigenvalue weighted by Gasteiger charge is -2.08. The third-order valence-electron chi connectivity index (χ3n) is 2.46. The molecule has 0 rings (SSSR count). The molecule has 0 saturated heterocycles. The predicted octanol–water partition coefficient (Wildman–Crippen LogP) is 3.04. The van der Waals surface area contributed by atoms with Gasteiger partial charge in [-0.1, -0.05) is 51.9 Å². The van der Waals surface area contributed by atoms with Crippen LogP contribution >= 0.6 is 0 Å². The van der Waals surface area contributed by atoms with Gasteiger partial charge in [0.15, 0.2) is 0 Å². The topological polar surface area (TPSA) is 77.8 Å². The molecule has 0 amide bonds. The Labute approximate surface area is 112 Å². The molecule has 0 fully saturated rings. The lowest BCUT2D eigenvalue weighted by Crippen LogP contribution is -2.12. The fraction of sp³-hybridized carbons (Fsp3) is 1.00. The summed E-state index contributed by atoms with van der Waals surface area (Å²) >= 11 is 0. The van der Waals surface area contributed by atoms with Gasteiger partial charge in [-0.15, -0.1) is 0 Å². The molecule has 6 heteroatoms. The van der Waals surface area contributed by atoms with Gasteiger partial charge in [-0.25, -0.2) is 0 Å². The van der Waals surface area contributed by atoms with Crippen LogP contribution in [0.2, 0.25) is 0 Å². The van der Waals surface area contributed by atoms with Crippen molar-refractivity contribution in [3.05, 3.63) is 0 Å². The summed E-state index contributed by atoms with van der Waals surface area (Å²) in [7, 11) is -0.359. The van der Waals surface area contributed by atoms with Crippen molar-refractivity contribution in [2.45, 2.75) is 58.3 Å². The molecule has 0 atom stereocenters. The van der Waals surface area contributed by atoms with Crippen LogP contribution in [0, 0.1) is 0 Å². The van der Waals surface area contributed by atoms with Crippen LogP contribution in [0.1, 0.15) is 58.3 Å². The van der Waals surface area contributed by atoms with E-state index >= 15 is 0 Å². The lowest BCUT2D eigenvalue weighted by molar-refractivity contribution is 0.381. The van der Waals surface area contributed by atoms with Crippen molar-refractivity contribution in [2.24, 2.45) is 0 Å². The van der Waals surface area contributed by atoms with E-state index in [0.717, 1.165) is 0 Å². The quantitative estimate of drug-likeness (QED) is 0.502. The summed E-state index contributed by atoms with van der Waals surface area (Å²) in [5, 5.41) is 0. The summed E-state index contributed by atoms with van der Waals surface area (Å²) in [4.78, 5) is 2.27. The summed E-state index contributed by atoms with van der Waals surface area (Å²) in [6.07, 6.45) is 11.4. The Morgan fingerprint density at radius 3 is 1.50 bits per heavy atom. The van der Waals surface area contributed by atoms with Crippen molar-refractivity contribution < 1.29 is 17.5 Å². The monoisotopic (exact) mass is 283 g/mol. The molecule has 0 unspecified atom stereocenters. The second-order valence-electron chi connectivity index (χ2n) is 4.73. The van der Waals surface area contributed by atoms with Crippen LogP contribution in [0.4, 0.5) is 0 Å². The molecular formula is C12H29NO4S. The van der Waals surface area contributed by atoms with Gasteiger partial charge in [0.25, 0.3) is 0 Å². The number of unbranched alkanes of at least 4 members (excludes halogenated alkanes) is 7. The van der Waals surface area contributed by atoms with Crippen molar-refractivity contribution in [3.8, 4) is 0 Å². The Balaban J connectivity index is 0. The van der Waals surface area contributed by atoms with E-state index in [1.807, 2.05) is 0 Å². The maximum absolute atomic E-state index is 8.74. The van der Waals surface area contributed by atoms with E-state index in [9.17, 15) is 0 Å². The van der Waals surface area contributed by atoms with E-state index in [-0.39, 0.29) is 0 Å². The minimum Gasteiger partial charge on any atom is -0.309 e. The van der Waals surface area contributed by atoms with Gasteiger partial charge in [-0.3, -0.25) is 9.11 Å². The average Bonchev–Trinajstić information content (AvgIpc) is 2.19. The molecule has 0 saturated carbocycles. The van der Waals surface area contributed by atoms with Crippen LogP contribution in [0.5, 0.6) is 0 Å². The van der Waals surface area contributed by atoms with Gasteiger partial charge < -0.3 is 4.90 Å². The minimum atomic E-state index is -4.67. The molecule has 0 spiro atoms. The van der Waals surface area contributed by atoms with Gasteiger partial charge in [0, 0.05) is 0 Å². The minimum absolute atomic E-state index is 1.26. The average molecular weight is 283 g/mol. The first kappa shape index (κ1) is 20.2. The number of hydrogen-bond acceptors (Lipinski definition) is 3. The zero-order chi connectivity index (χ0) is 14.4. The van der Waals surface area contributed by atoms with Gasteiger partial charge in [0.05, 0.1) is 0 Å². The first-order valence-electron chi connectivity index (χ1n) is 6.62. The highest BCUT2D eigenvalue weighted by Crippen LogP contribution is 2.08. The van der Waals surface area contributed by atoms with Crippen molar-refractivity contribution in [1.82, 2.24) is 4.90 Å². The highest BCUT2D eigenvalue weighted by molar-refractivity contribution is 7.79. The zero-order valence-corrected chi connectivity index (χ0v) is 12.7. The third kappa shape index (κ3) is 36.0. The van der Waals surface area contributed by atoms with E-state index < -0.39 is 10.4 Å². The molecule has 18 heavy (non-hydrogen) atoms. The smallest absolute Gasteiger partial charge is 0.309 e. The predicted molar refractivity (Wildman–Crippen MR) is 75.3 cm³/mol. The van der Waals surface area contributed by atoms with Crippen molar-refractivity contribution in [3.63, 3.8) is 0 Å². The van der Waals surface area contributed by atoms with Crippen LogP contribution in [-0.2, 0) is 10.4 Å². The largest absolute Gasteiger partial charge is 0.394 e. The van der Waals surface area contributed by atoms with Crippen LogP contribution in [0.15, 0.2) is 0 Å². The fourth-order valence-electron chi connectivity index (χ4n) is 1.56. The highest BCUT2D eigenvalue weighted by atomic mass is 32.3. The number of rotatable bonds is 9. The first-order chi connectivity index (χ1) is 8.27. The third-order valence-corrected chi connectivity index (χ3v) is 2.46. The lowest BCUT2D eigenvalue weighted by atomic mass is 10.1. The van der Waals surface area contributed by atoms with Crippen LogP contribution < -0.4 is 0 Å². The van der Waals surface area contributed by atoms with Crippen LogP contribution in [0.3, 0.4) is 0 Å². The molecule has 112 valence electrons. The Hall–Kier alpha value is -0.170. The summed E-state index contributed by atoms with van der Waals surface area (Å²) in [5.74, 6) is 0. The zero-order valence-electron chi connectivity index (χ0n) is 11.9. The van der Waals surface area contributed by atoms with Gasteiger partial charge in [0.2, 0.25) is 0 Å². The summed E-state index contributed by atoms with van der Waals surface area (Å²) in [6, 6.07) is 0. The highest BCUT2D eigenvalue weighted by Gasteiger charge is 1.92. The molecule has 0 aromatic rings. The molecule has 0 aliphatic carbocycles.